The van der Waals surface area contributed by atoms with E-state index in [2.05, 4.69) is 14.2 Å². The third kappa shape index (κ3) is 3.99. The van der Waals surface area contributed by atoms with E-state index in [1.165, 1.54) is 0 Å². The second-order valence-electron chi connectivity index (χ2n) is 11.6. The zero-order chi connectivity index (χ0) is 31.8. The van der Waals surface area contributed by atoms with E-state index in [0.717, 1.165) is 45.6 Å². The second-order valence-corrected chi connectivity index (χ2v) is 11.6. The molecule has 0 spiro atoms. The summed E-state index contributed by atoms with van der Waals surface area (Å²) in [5, 5.41) is 8.28. The Hall–Kier alpha value is -4.03. The summed E-state index contributed by atoms with van der Waals surface area (Å²) in [4.78, 5) is 20.1. The number of ether oxygens (including phenoxy) is 2. The zero-order valence-electron chi connectivity index (χ0n) is 27.9. The maximum absolute atomic E-state index is 6.54. The molecule has 5 aromatic heterocycles. The van der Waals surface area contributed by atoms with Crippen LogP contribution in [0.4, 0.5) is 0 Å². The van der Waals surface area contributed by atoms with Crippen molar-refractivity contribution in [1.29, 1.82) is 0 Å². The van der Waals surface area contributed by atoms with Gasteiger partial charge in [0.1, 0.15) is 5.69 Å². The molecule has 12 heteroatoms. The summed E-state index contributed by atoms with van der Waals surface area (Å²) in [6, 6.07) is 1.98. The first kappa shape index (κ1) is 30.4. The Bertz CT molecular complexity index is 1610. The molecule has 0 saturated carbocycles. The van der Waals surface area contributed by atoms with Crippen molar-refractivity contribution in [3.8, 4) is 0 Å². The lowest BCUT2D eigenvalue weighted by Gasteiger charge is -2.31. The normalized spacial score (nSPS) is 12.6. The predicted octanol–water partition coefficient (Wildman–Crippen LogP) is 3.69. The Morgan fingerprint density at radius 3 is 1.09 bits per heavy atom. The number of hydrogen-bond donors (Lipinski definition) is 1. The molecule has 0 aliphatic rings. The van der Waals surface area contributed by atoms with Crippen molar-refractivity contribution >= 4 is 0 Å². The minimum atomic E-state index is -1.25. The summed E-state index contributed by atoms with van der Waals surface area (Å²) >= 11 is 0. The summed E-state index contributed by atoms with van der Waals surface area (Å²) in [5.41, 5.74) is 6.49. The largest absolute Gasteiger partial charge is 0.357 e. The van der Waals surface area contributed by atoms with Gasteiger partial charge in [-0.3, -0.25) is 5.10 Å². The monoisotopic (exact) mass is 588 g/mol. The van der Waals surface area contributed by atoms with Gasteiger partial charge in [-0.15, -0.1) is 0 Å². The van der Waals surface area contributed by atoms with Crippen molar-refractivity contribution in [3.63, 3.8) is 0 Å². The third-order valence-electron chi connectivity index (χ3n) is 9.66. The Kier molecular flexibility index (Phi) is 7.29. The number of aromatic amines is 1. The van der Waals surface area contributed by atoms with Crippen LogP contribution in [0.15, 0.2) is 6.07 Å². The molecule has 1 N–H and O–H groups in total. The standard InChI is InChI=1S/C31H44N10O2/c1-16-20(5)38(9)26(32-16)30(42-13,27-33-17(2)21(6)39(27)10)24-15-25(37-36-24)31(43-14,28-34-18(3)22(7)40(28)11)29-35-19(4)23(8)41(29)12/h15H,1-14H3,(H,36,37). The van der Waals surface area contributed by atoms with Crippen molar-refractivity contribution in [2.75, 3.05) is 14.2 Å². The van der Waals surface area contributed by atoms with Gasteiger partial charge in [-0.25, -0.2) is 19.9 Å². The van der Waals surface area contributed by atoms with Gasteiger partial charge in [0.15, 0.2) is 23.3 Å². The van der Waals surface area contributed by atoms with E-state index in [-0.39, 0.29) is 0 Å². The molecule has 0 bridgehead atoms. The summed E-state index contributed by atoms with van der Waals surface area (Å²) < 4.78 is 21.3. The Labute approximate surface area is 253 Å². The number of methoxy groups -OCH3 is 2. The molecule has 0 aromatic carbocycles. The fourth-order valence-electron chi connectivity index (χ4n) is 6.06. The molecule has 0 aliphatic carbocycles. The van der Waals surface area contributed by atoms with Crippen LogP contribution in [0.2, 0.25) is 0 Å². The van der Waals surface area contributed by atoms with E-state index in [4.69, 9.17) is 34.5 Å². The number of imidazole rings is 4. The van der Waals surface area contributed by atoms with E-state index >= 15 is 0 Å². The maximum Gasteiger partial charge on any atom is 0.227 e. The van der Waals surface area contributed by atoms with Crippen LogP contribution in [0.25, 0.3) is 0 Å². The molecule has 5 rings (SSSR count). The maximum atomic E-state index is 6.54. The highest BCUT2D eigenvalue weighted by molar-refractivity contribution is 5.44. The van der Waals surface area contributed by atoms with Crippen molar-refractivity contribution in [2.24, 2.45) is 28.2 Å². The molecule has 43 heavy (non-hydrogen) atoms. The van der Waals surface area contributed by atoms with Gasteiger partial charge >= 0.3 is 0 Å². The molecular formula is C31H44N10O2. The zero-order valence-corrected chi connectivity index (χ0v) is 27.9. The molecule has 0 fully saturated rings. The summed E-state index contributed by atoms with van der Waals surface area (Å²) in [7, 11) is 11.3. The van der Waals surface area contributed by atoms with Gasteiger partial charge in [0, 0.05) is 65.2 Å². The highest BCUT2D eigenvalue weighted by Crippen LogP contribution is 2.43. The molecule has 5 heterocycles. The topological polar surface area (TPSA) is 118 Å². The molecule has 12 nitrogen and oxygen atoms in total. The summed E-state index contributed by atoms with van der Waals surface area (Å²) in [6.45, 7) is 16.2. The van der Waals surface area contributed by atoms with Gasteiger partial charge < -0.3 is 27.7 Å². The number of nitrogens with zero attached hydrogens (tertiary/aromatic N) is 9. The number of rotatable bonds is 8. The van der Waals surface area contributed by atoms with Crippen molar-refractivity contribution in [1.82, 2.24) is 48.4 Å². The van der Waals surface area contributed by atoms with Gasteiger partial charge in [-0.2, -0.15) is 5.10 Å². The highest BCUT2D eigenvalue weighted by atomic mass is 16.5. The number of aromatic nitrogens is 10. The number of hydrogen-bond acceptors (Lipinski definition) is 7. The van der Waals surface area contributed by atoms with Gasteiger partial charge in [-0.05, 0) is 61.5 Å². The van der Waals surface area contributed by atoms with Crippen LogP contribution in [0.1, 0.15) is 80.2 Å². The van der Waals surface area contributed by atoms with Gasteiger partial charge in [0.2, 0.25) is 11.2 Å². The first-order valence-corrected chi connectivity index (χ1v) is 14.4. The van der Waals surface area contributed by atoms with E-state index in [0.29, 0.717) is 34.7 Å². The number of H-pyrrole nitrogens is 1. The number of nitrogens with one attached hydrogen (secondary N) is 1. The van der Waals surface area contributed by atoms with Gasteiger partial charge in [0.05, 0.1) is 28.5 Å². The molecule has 0 saturated heterocycles. The minimum Gasteiger partial charge on any atom is -0.357 e. The van der Waals surface area contributed by atoms with Crippen molar-refractivity contribution < 1.29 is 9.47 Å². The van der Waals surface area contributed by atoms with Gasteiger partial charge in [-0.1, -0.05) is 0 Å². The van der Waals surface area contributed by atoms with E-state index in [9.17, 15) is 0 Å². The lowest BCUT2D eigenvalue weighted by Crippen LogP contribution is -2.39. The van der Waals surface area contributed by atoms with Crippen LogP contribution < -0.4 is 0 Å². The fourth-order valence-corrected chi connectivity index (χ4v) is 6.06. The van der Waals surface area contributed by atoms with Gasteiger partial charge in [0.25, 0.3) is 0 Å². The fraction of sp³-hybridized carbons (Fsp3) is 0.516. The molecule has 0 amide bonds. The molecule has 0 aliphatic heterocycles. The lowest BCUT2D eigenvalue weighted by molar-refractivity contribution is 0.0328. The van der Waals surface area contributed by atoms with Crippen molar-refractivity contribution in [2.45, 2.75) is 66.6 Å². The van der Waals surface area contributed by atoms with E-state index in [1.807, 2.05) is 98.8 Å². The number of aryl methyl sites for hydroxylation is 4. The second kappa shape index (κ2) is 10.3. The molecule has 0 atom stereocenters. The van der Waals surface area contributed by atoms with Crippen LogP contribution in [-0.2, 0) is 48.9 Å². The summed E-state index contributed by atoms with van der Waals surface area (Å²) in [5.74, 6) is 2.71. The van der Waals surface area contributed by atoms with Crippen LogP contribution in [0.3, 0.4) is 0 Å². The van der Waals surface area contributed by atoms with Crippen LogP contribution in [-0.4, -0.2) is 62.6 Å². The van der Waals surface area contributed by atoms with Crippen LogP contribution in [0, 0.1) is 55.4 Å². The molecular weight excluding hydrogens is 544 g/mol. The van der Waals surface area contributed by atoms with Crippen LogP contribution >= 0.6 is 0 Å². The average molecular weight is 589 g/mol. The Morgan fingerprint density at radius 2 is 0.837 bits per heavy atom. The Balaban J connectivity index is 1.89. The van der Waals surface area contributed by atoms with E-state index < -0.39 is 11.2 Å². The molecule has 0 unspecified atom stereocenters. The SMILES string of the molecule is COC(c1cc(C(OC)(c2nc(C)c(C)n2C)c2nc(C)c(C)n2C)[nH]n1)(c1nc(C)c(C)n1C)c1nc(C)c(C)n1C. The first-order chi connectivity index (χ1) is 20.2. The predicted molar refractivity (Wildman–Crippen MR) is 163 cm³/mol. The minimum absolute atomic E-state index is 0.581. The quantitative estimate of drug-likeness (QED) is 0.294. The van der Waals surface area contributed by atoms with Crippen molar-refractivity contribution in [3.05, 3.63) is 86.3 Å². The van der Waals surface area contributed by atoms with E-state index in [1.54, 1.807) is 14.2 Å². The average Bonchev–Trinajstić information content (AvgIpc) is 3.76. The Morgan fingerprint density at radius 1 is 0.535 bits per heavy atom. The lowest BCUT2D eigenvalue weighted by atomic mass is 9.92. The smallest absolute Gasteiger partial charge is 0.227 e. The molecule has 230 valence electrons. The summed E-state index contributed by atoms with van der Waals surface area (Å²) in [6.07, 6.45) is 0. The van der Waals surface area contributed by atoms with Crippen LogP contribution in [0.5, 0.6) is 0 Å². The molecule has 5 aromatic rings. The first-order valence-electron chi connectivity index (χ1n) is 14.4. The molecule has 0 radical (unpaired) electrons. The highest BCUT2D eigenvalue weighted by Gasteiger charge is 2.51. The third-order valence-corrected chi connectivity index (χ3v) is 9.66.